The van der Waals surface area contributed by atoms with Crippen molar-refractivity contribution < 1.29 is 0 Å². The highest BCUT2D eigenvalue weighted by Gasteiger charge is 2.05. The Morgan fingerprint density at radius 2 is 2.23 bits per heavy atom. The highest BCUT2D eigenvalue weighted by Crippen LogP contribution is 2.16. The minimum absolute atomic E-state index is 0.0555. The average Bonchev–Trinajstić information content (AvgIpc) is 2.17. The maximum Gasteiger partial charge on any atom is 0.0725 e. The number of hydrogen-bond donors (Lipinski definition) is 1. The van der Waals surface area contributed by atoms with Crippen molar-refractivity contribution in [1.82, 2.24) is 5.32 Å². The van der Waals surface area contributed by atoms with Gasteiger partial charge in [0.05, 0.1) is 6.04 Å². The molecule has 0 fully saturated rings. The van der Waals surface area contributed by atoms with E-state index in [0.29, 0.717) is 0 Å². The normalized spacial score (nSPS) is 12.1. The number of halogens is 1. The highest BCUT2D eigenvalue weighted by molar-refractivity contribution is 6.31. The predicted octanol–water partition coefficient (Wildman–Crippen LogP) is 2.10. The summed E-state index contributed by atoms with van der Waals surface area (Å²) in [6, 6.07) is 7.80. The van der Waals surface area contributed by atoms with Crippen LogP contribution in [-0.4, -0.2) is 13.1 Å². The molecule has 1 atom stereocenters. The van der Waals surface area contributed by atoms with Crippen LogP contribution in [0.3, 0.4) is 0 Å². The number of hydrogen-bond acceptors (Lipinski definition) is 1. The average molecular weight is 194 g/mol. The minimum atomic E-state index is 0.0555. The van der Waals surface area contributed by atoms with Crippen LogP contribution < -0.4 is 5.32 Å². The fourth-order valence-electron chi connectivity index (χ4n) is 1.13. The molecule has 0 heterocycles. The molecule has 1 aromatic carbocycles. The first-order valence-electron chi connectivity index (χ1n) is 4.14. The SMILES string of the molecule is C#CC(Cc1ccccc1Cl)NC. The van der Waals surface area contributed by atoms with E-state index < -0.39 is 0 Å². The molecule has 68 valence electrons. The van der Waals surface area contributed by atoms with E-state index in [1.807, 2.05) is 31.3 Å². The monoisotopic (exact) mass is 193 g/mol. The third-order valence-corrected chi connectivity index (χ3v) is 2.30. The van der Waals surface area contributed by atoms with Crippen LogP contribution in [0.4, 0.5) is 0 Å². The summed E-state index contributed by atoms with van der Waals surface area (Å²) in [6.07, 6.45) is 6.10. The molecule has 13 heavy (non-hydrogen) atoms. The van der Waals surface area contributed by atoms with Crippen molar-refractivity contribution in [3.05, 3.63) is 34.9 Å². The Morgan fingerprint density at radius 1 is 1.54 bits per heavy atom. The molecule has 0 aliphatic carbocycles. The van der Waals surface area contributed by atoms with Gasteiger partial charge in [-0.1, -0.05) is 35.7 Å². The minimum Gasteiger partial charge on any atom is -0.306 e. The van der Waals surface area contributed by atoms with Crippen molar-refractivity contribution in [1.29, 1.82) is 0 Å². The van der Waals surface area contributed by atoms with Gasteiger partial charge in [0.1, 0.15) is 0 Å². The first-order valence-corrected chi connectivity index (χ1v) is 4.52. The standard InChI is InChI=1S/C11H12ClN/c1-3-10(13-2)8-9-6-4-5-7-11(9)12/h1,4-7,10,13H,8H2,2H3. The van der Waals surface area contributed by atoms with Crippen molar-refractivity contribution in [2.45, 2.75) is 12.5 Å². The first kappa shape index (κ1) is 10.1. The third-order valence-electron chi connectivity index (χ3n) is 1.93. The lowest BCUT2D eigenvalue weighted by Crippen LogP contribution is -2.25. The Bertz CT molecular complexity index is 314. The van der Waals surface area contributed by atoms with Crippen molar-refractivity contribution in [3.8, 4) is 12.3 Å². The fraction of sp³-hybridized carbons (Fsp3) is 0.273. The van der Waals surface area contributed by atoms with Gasteiger partial charge in [-0.2, -0.15) is 0 Å². The summed E-state index contributed by atoms with van der Waals surface area (Å²) < 4.78 is 0. The molecule has 0 saturated carbocycles. The highest BCUT2D eigenvalue weighted by atomic mass is 35.5. The molecular formula is C11H12ClN. The lowest BCUT2D eigenvalue weighted by molar-refractivity contribution is 0.684. The van der Waals surface area contributed by atoms with Crippen molar-refractivity contribution in [2.24, 2.45) is 0 Å². The summed E-state index contributed by atoms with van der Waals surface area (Å²) in [6.45, 7) is 0. The van der Waals surface area contributed by atoms with Gasteiger partial charge in [-0.05, 0) is 18.7 Å². The van der Waals surface area contributed by atoms with Crippen LogP contribution in [0.2, 0.25) is 5.02 Å². The van der Waals surface area contributed by atoms with E-state index in [9.17, 15) is 0 Å². The van der Waals surface area contributed by atoms with E-state index in [1.165, 1.54) is 0 Å². The molecule has 0 bridgehead atoms. The lowest BCUT2D eigenvalue weighted by Gasteiger charge is -2.09. The first-order chi connectivity index (χ1) is 6.27. The number of terminal acetylenes is 1. The predicted molar refractivity (Wildman–Crippen MR) is 56.8 cm³/mol. The van der Waals surface area contributed by atoms with Crippen LogP contribution in [0, 0.1) is 12.3 Å². The van der Waals surface area contributed by atoms with E-state index in [-0.39, 0.29) is 6.04 Å². The quantitative estimate of drug-likeness (QED) is 0.726. The van der Waals surface area contributed by atoms with E-state index >= 15 is 0 Å². The summed E-state index contributed by atoms with van der Waals surface area (Å²) in [4.78, 5) is 0. The maximum absolute atomic E-state index is 5.99. The number of rotatable bonds is 3. The summed E-state index contributed by atoms with van der Waals surface area (Å²) in [5.41, 5.74) is 1.08. The molecule has 0 aliphatic heterocycles. The molecule has 0 radical (unpaired) electrons. The molecule has 2 heteroatoms. The summed E-state index contributed by atoms with van der Waals surface area (Å²) in [5.74, 6) is 2.66. The summed E-state index contributed by atoms with van der Waals surface area (Å²) >= 11 is 5.99. The van der Waals surface area contributed by atoms with Crippen LogP contribution in [0.1, 0.15) is 5.56 Å². The summed E-state index contributed by atoms with van der Waals surface area (Å²) in [5, 5.41) is 3.81. The molecule has 1 N–H and O–H groups in total. The molecule has 1 unspecified atom stereocenters. The second-order valence-corrected chi connectivity index (χ2v) is 3.21. The van der Waals surface area contributed by atoms with E-state index in [2.05, 4.69) is 11.2 Å². The molecule has 0 saturated heterocycles. The number of likely N-dealkylation sites (N-methyl/N-ethyl adjacent to an activating group) is 1. The van der Waals surface area contributed by atoms with Gasteiger partial charge in [0, 0.05) is 11.4 Å². The van der Waals surface area contributed by atoms with E-state index in [0.717, 1.165) is 17.0 Å². The van der Waals surface area contributed by atoms with Crippen LogP contribution in [-0.2, 0) is 6.42 Å². The lowest BCUT2D eigenvalue weighted by atomic mass is 10.1. The molecule has 1 nitrogen and oxygen atoms in total. The van der Waals surface area contributed by atoms with Crippen LogP contribution in [0.25, 0.3) is 0 Å². The largest absolute Gasteiger partial charge is 0.306 e. The molecule has 1 rings (SSSR count). The van der Waals surface area contributed by atoms with Crippen LogP contribution in [0.15, 0.2) is 24.3 Å². The Kier molecular flexibility index (Phi) is 3.82. The van der Waals surface area contributed by atoms with Gasteiger partial charge in [0.15, 0.2) is 0 Å². The zero-order valence-electron chi connectivity index (χ0n) is 7.55. The summed E-state index contributed by atoms with van der Waals surface area (Å²) in [7, 11) is 1.85. The molecular weight excluding hydrogens is 182 g/mol. The van der Waals surface area contributed by atoms with E-state index in [1.54, 1.807) is 0 Å². The zero-order valence-corrected chi connectivity index (χ0v) is 8.31. The van der Waals surface area contributed by atoms with E-state index in [4.69, 9.17) is 18.0 Å². The number of nitrogens with one attached hydrogen (secondary N) is 1. The Balaban J connectivity index is 2.74. The van der Waals surface area contributed by atoms with Gasteiger partial charge in [-0.25, -0.2) is 0 Å². The van der Waals surface area contributed by atoms with Gasteiger partial charge in [0.2, 0.25) is 0 Å². The zero-order chi connectivity index (χ0) is 9.68. The molecule has 0 amide bonds. The number of benzene rings is 1. The van der Waals surface area contributed by atoms with Crippen molar-refractivity contribution in [3.63, 3.8) is 0 Å². The van der Waals surface area contributed by atoms with Crippen molar-refractivity contribution in [2.75, 3.05) is 7.05 Å². The molecule has 0 aliphatic rings. The van der Waals surface area contributed by atoms with Crippen LogP contribution >= 0.6 is 11.6 Å². The maximum atomic E-state index is 5.99. The second-order valence-electron chi connectivity index (χ2n) is 2.80. The topological polar surface area (TPSA) is 12.0 Å². The van der Waals surface area contributed by atoms with Gasteiger partial charge in [0.25, 0.3) is 0 Å². The van der Waals surface area contributed by atoms with Gasteiger partial charge >= 0.3 is 0 Å². The van der Waals surface area contributed by atoms with Gasteiger partial charge < -0.3 is 5.32 Å². The fourth-order valence-corrected chi connectivity index (χ4v) is 1.34. The molecule has 0 aromatic heterocycles. The molecule has 0 spiro atoms. The second kappa shape index (κ2) is 4.91. The van der Waals surface area contributed by atoms with Gasteiger partial charge in [-0.3, -0.25) is 0 Å². The van der Waals surface area contributed by atoms with Crippen molar-refractivity contribution >= 4 is 11.6 Å². The van der Waals surface area contributed by atoms with Crippen LogP contribution in [0.5, 0.6) is 0 Å². The Hall–Kier alpha value is -0.970. The Morgan fingerprint density at radius 3 is 2.77 bits per heavy atom. The Labute approximate surface area is 84.1 Å². The molecule has 1 aromatic rings. The third kappa shape index (κ3) is 2.77. The van der Waals surface area contributed by atoms with Gasteiger partial charge in [-0.15, -0.1) is 6.42 Å². The smallest absolute Gasteiger partial charge is 0.0725 e.